The minimum Gasteiger partial charge on any atom is -0.398 e. The van der Waals surface area contributed by atoms with Crippen molar-refractivity contribution in [3.8, 4) is 11.1 Å². The van der Waals surface area contributed by atoms with E-state index in [1.165, 1.54) is 6.07 Å². The van der Waals surface area contributed by atoms with E-state index in [2.05, 4.69) is 0 Å². The summed E-state index contributed by atoms with van der Waals surface area (Å²) in [5.41, 5.74) is 9.94. The molecule has 0 atom stereocenters. The number of hydrogen-bond donors (Lipinski definition) is 1. The maximum absolute atomic E-state index is 12.7. The first-order valence-electron chi connectivity index (χ1n) is 6.25. The zero-order chi connectivity index (χ0) is 15.1. The Morgan fingerprint density at radius 2 is 1.45 bits per heavy atom. The lowest BCUT2D eigenvalue weighted by atomic mass is 9.92. The Hall–Kier alpha value is -1.97. The number of nitrogen functional groups attached to an aromatic ring is 1. The van der Waals surface area contributed by atoms with Crippen molar-refractivity contribution in [2.45, 2.75) is 26.9 Å². The van der Waals surface area contributed by atoms with Gasteiger partial charge in [0.15, 0.2) is 0 Å². The molecule has 0 aliphatic heterocycles. The van der Waals surface area contributed by atoms with Crippen LogP contribution in [0.25, 0.3) is 11.1 Å². The fourth-order valence-corrected chi connectivity index (χ4v) is 2.57. The number of alkyl halides is 3. The molecule has 106 valence electrons. The van der Waals surface area contributed by atoms with E-state index >= 15 is 0 Å². The second-order valence-electron chi connectivity index (χ2n) is 5.07. The maximum atomic E-state index is 12.7. The number of hydrogen-bond acceptors (Lipinski definition) is 1. The molecule has 0 fully saturated rings. The van der Waals surface area contributed by atoms with Gasteiger partial charge in [-0.1, -0.05) is 23.8 Å². The van der Waals surface area contributed by atoms with Crippen molar-refractivity contribution in [1.82, 2.24) is 0 Å². The summed E-state index contributed by atoms with van der Waals surface area (Å²) in [4.78, 5) is 0. The van der Waals surface area contributed by atoms with E-state index in [-0.39, 0.29) is 5.69 Å². The summed E-state index contributed by atoms with van der Waals surface area (Å²) in [6, 6.07) is 7.51. The van der Waals surface area contributed by atoms with Crippen LogP contribution in [0, 0.1) is 20.8 Å². The Bertz CT molecular complexity index is 634. The number of aryl methyl sites for hydroxylation is 3. The summed E-state index contributed by atoms with van der Waals surface area (Å²) in [6.07, 6.45) is -4.37. The third kappa shape index (κ3) is 2.64. The number of anilines is 1. The highest BCUT2D eigenvalue weighted by Gasteiger charge is 2.31. The van der Waals surface area contributed by atoms with E-state index in [9.17, 15) is 13.2 Å². The van der Waals surface area contributed by atoms with E-state index in [1.807, 2.05) is 32.9 Å². The summed E-state index contributed by atoms with van der Waals surface area (Å²) >= 11 is 0. The van der Waals surface area contributed by atoms with Gasteiger partial charge in [-0.2, -0.15) is 13.2 Å². The lowest BCUT2D eigenvalue weighted by molar-refractivity contribution is -0.137. The smallest absolute Gasteiger partial charge is 0.398 e. The van der Waals surface area contributed by atoms with Gasteiger partial charge in [0.1, 0.15) is 0 Å². The van der Waals surface area contributed by atoms with Crippen molar-refractivity contribution in [1.29, 1.82) is 0 Å². The summed E-state index contributed by atoms with van der Waals surface area (Å²) in [7, 11) is 0. The van der Waals surface area contributed by atoms with Crippen LogP contribution in [-0.4, -0.2) is 0 Å². The first-order valence-corrected chi connectivity index (χ1v) is 6.25. The van der Waals surface area contributed by atoms with Gasteiger partial charge in [-0.15, -0.1) is 0 Å². The zero-order valence-corrected chi connectivity index (χ0v) is 11.6. The van der Waals surface area contributed by atoms with Crippen molar-refractivity contribution in [2.24, 2.45) is 0 Å². The van der Waals surface area contributed by atoms with Gasteiger partial charge in [0.05, 0.1) is 5.56 Å². The molecule has 1 nitrogen and oxygen atoms in total. The first kappa shape index (κ1) is 14.4. The van der Waals surface area contributed by atoms with Crippen LogP contribution in [0.2, 0.25) is 0 Å². The van der Waals surface area contributed by atoms with Gasteiger partial charge < -0.3 is 5.73 Å². The summed E-state index contributed by atoms with van der Waals surface area (Å²) in [6.45, 7) is 5.86. The van der Waals surface area contributed by atoms with E-state index in [0.29, 0.717) is 5.56 Å². The van der Waals surface area contributed by atoms with Crippen molar-refractivity contribution in [2.75, 3.05) is 5.73 Å². The highest BCUT2D eigenvalue weighted by molar-refractivity contribution is 5.81. The molecule has 2 N–H and O–H groups in total. The van der Waals surface area contributed by atoms with Crippen LogP contribution in [0.4, 0.5) is 18.9 Å². The van der Waals surface area contributed by atoms with Crippen molar-refractivity contribution in [3.63, 3.8) is 0 Å². The molecule has 20 heavy (non-hydrogen) atoms. The molecule has 0 saturated carbocycles. The number of benzene rings is 2. The third-order valence-electron chi connectivity index (χ3n) is 3.33. The third-order valence-corrected chi connectivity index (χ3v) is 3.33. The number of rotatable bonds is 1. The Morgan fingerprint density at radius 1 is 0.900 bits per heavy atom. The monoisotopic (exact) mass is 279 g/mol. The summed E-state index contributed by atoms with van der Waals surface area (Å²) in [5.74, 6) is 0. The molecular formula is C16H16F3N. The SMILES string of the molecule is Cc1cc(C)c(-c2ccc(C(F)(F)F)cc2N)c(C)c1. The van der Waals surface area contributed by atoms with Crippen molar-refractivity contribution >= 4 is 5.69 Å². The lowest BCUT2D eigenvalue weighted by Crippen LogP contribution is -2.06. The molecule has 0 spiro atoms. The Morgan fingerprint density at radius 3 is 1.90 bits per heavy atom. The zero-order valence-electron chi connectivity index (χ0n) is 11.6. The summed E-state index contributed by atoms with van der Waals surface area (Å²) < 4.78 is 38.0. The summed E-state index contributed by atoms with van der Waals surface area (Å²) in [5, 5.41) is 0. The van der Waals surface area contributed by atoms with Crippen LogP contribution in [0.15, 0.2) is 30.3 Å². The predicted octanol–water partition coefficient (Wildman–Crippen LogP) is 4.88. The maximum Gasteiger partial charge on any atom is 0.416 e. The topological polar surface area (TPSA) is 26.0 Å². The van der Waals surface area contributed by atoms with E-state index in [4.69, 9.17) is 5.73 Å². The minimum absolute atomic E-state index is 0.148. The van der Waals surface area contributed by atoms with Crippen LogP contribution in [0.3, 0.4) is 0 Å². The average molecular weight is 279 g/mol. The number of nitrogens with two attached hydrogens (primary N) is 1. The molecule has 4 heteroatoms. The van der Waals surface area contributed by atoms with Crippen LogP contribution >= 0.6 is 0 Å². The van der Waals surface area contributed by atoms with Crippen molar-refractivity contribution < 1.29 is 13.2 Å². The van der Waals surface area contributed by atoms with Gasteiger partial charge >= 0.3 is 6.18 Å². The van der Waals surface area contributed by atoms with E-state index in [1.54, 1.807) is 0 Å². The van der Waals surface area contributed by atoms with E-state index in [0.717, 1.165) is 34.4 Å². The Labute approximate surface area is 116 Å². The van der Waals surface area contributed by atoms with Gasteiger partial charge in [-0.25, -0.2) is 0 Å². The number of halogens is 3. The molecule has 0 aliphatic carbocycles. The molecule has 0 aliphatic rings. The molecular weight excluding hydrogens is 263 g/mol. The van der Waals surface area contributed by atoms with Crippen LogP contribution in [-0.2, 0) is 6.18 Å². The Balaban J connectivity index is 2.61. The molecule has 0 saturated heterocycles. The highest BCUT2D eigenvalue weighted by atomic mass is 19.4. The molecule has 0 radical (unpaired) electrons. The Kier molecular flexibility index (Phi) is 3.50. The normalized spacial score (nSPS) is 11.7. The average Bonchev–Trinajstić information content (AvgIpc) is 2.28. The molecule has 2 rings (SSSR count). The molecule has 0 bridgehead atoms. The van der Waals surface area contributed by atoms with Crippen molar-refractivity contribution in [3.05, 3.63) is 52.6 Å². The fourth-order valence-electron chi connectivity index (χ4n) is 2.57. The van der Waals surface area contributed by atoms with Gasteiger partial charge in [-0.05, 0) is 49.6 Å². The lowest BCUT2D eigenvalue weighted by Gasteiger charge is -2.15. The molecule has 0 amide bonds. The second-order valence-corrected chi connectivity index (χ2v) is 5.07. The van der Waals surface area contributed by atoms with Crippen LogP contribution in [0.1, 0.15) is 22.3 Å². The molecule has 2 aromatic carbocycles. The van der Waals surface area contributed by atoms with Gasteiger partial charge in [-0.3, -0.25) is 0 Å². The first-order chi connectivity index (χ1) is 9.20. The highest BCUT2D eigenvalue weighted by Crippen LogP contribution is 2.37. The fraction of sp³-hybridized carbons (Fsp3) is 0.250. The van der Waals surface area contributed by atoms with Crippen LogP contribution < -0.4 is 5.73 Å². The van der Waals surface area contributed by atoms with Gasteiger partial charge in [0.2, 0.25) is 0 Å². The van der Waals surface area contributed by atoms with Gasteiger partial charge in [0.25, 0.3) is 0 Å². The largest absolute Gasteiger partial charge is 0.416 e. The standard InChI is InChI=1S/C16H16F3N/c1-9-6-10(2)15(11(3)7-9)13-5-4-12(8-14(13)20)16(17,18)19/h4-8H,20H2,1-3H3. The molecule has 0 unspecified atom stereocenters. The molecule has 0 aromatic heterocycles. The van der Waals surface area contributed by atoms with Gasteiger partial charge in [0, 0.05) is 11.3 Å². The minimum atomic E-state index is -4.37. The quantitative estimate of drug-likeness (QED) is 0.740. The molecule has 2 aromatic rings. The van der Waals surface area contributed by atoms with E-state index < -0.39 is 11.7 Å². The van der Waals surface area contributed by atoms with Crippen LogP contribution in [0.5, 0.6) is 0 Å². The molecule has 0 heterocycles. The predicted molar refractivity (Wildman–Crippen MR) is 75.5 cm³/mol. The second kappa shape index (κ2) is 4.85.